The van der Waals surface area contributed by atoms with E-state index in [1.165, 1.54) is 0 Å². The van der Waals surface area contributed by atoms with Crippen molar-refractivity contribution in [1.29, 1.82) is 0 Å². The number of hydrogen-bond acceptors (Lipinski definition) is 5. The summed E-state index contributed by atoms with van der Waals surface area (Å²) in [5.74, 6) is 0. The Hall–Kier alpha value is -1.77. The van der Waals surface area contributed by atoms with Crippen LogP contribution in [0.4, 0.5) is 0 Å². The lowest BCUT2D eigenvalue weighted by Crippen LogP contribution is -2.04. The van der Waals surface area contributed by atoms with Gasteiger partial charge in [-0.05, 0) is 0 Å². The molecule has 0 saturated carbocycles. The molecule has 6 nitrogen and oxygen atoms in total. The molecule has 0 aromatic heterocycles. The molecular weight excluding hydrogens is 126 g/mol. The van der Waals surface area contributed by atoms with Gasteiger partial charge >= 0.3 is 0 Å². The number of nitrogens with zero attached hydrogens (tertiary/aromatic N) is 3. The van der Waals surface area contributed by atoms with E-state index in [9.17, 15) is 14.4 Å². The Labute approximate surface area is 49.4 Å². The first kappa shape index (κ1) is 7.23. The summed E-state index contributed by atoms with van der Waals surface area (Å²) in [7, 11) is 0. The summed E-state index contributed by atoms with van der Waals surface area (Å²) in [4.78, 5) is 28.4. The number of rotatable bonds is 3. The van der Waals surface area contributed by atoms with E-state index < -0.39 is 0 Å². The number of hydrazone groups is 2. The Morgan fingerprint density at radius 3 is 1.89 bits per heavy atom. The van der Waals surface area contributed by atoms with E-state index in [2.05, 4.69) is 10.2 Å². The zero-order valence-corrected chi connectivity index (χ0v) is 4.14. The van der Waals surface area contributed by atoms with Crippen LogP contribution in [-0.2, 0) is 14.4 Å². The Morgan fingerprint density at radius 2 is 1.67 bits per heavy atom. The molecule has 0 bridgehead atoms. The first-order valence-corrected chi connectivity index (χ1v) is 1.75. The molecule has 0 radical (unpaired) electrons. The standard InChI is InChI=1S/C3HN3O3/c7-1-4-6(3-9)5-2-8/h3H. The van der Waals surface area contributed by atoms with Crippen molar-refractivity contribution in [2.45, 2.75) is 0 Å². The maximum atomic E-state index is 9.67. The van der Waals surface area contributed by atoms with E-state index in [1.54, 1.807) is 0 Å². The van der Waals surface area contributed by atoms with Crippen molar-refractivity contribution in [3.63, 3.8) is 0 Å². The zero-order valence-electron chi connectivity index (χ0n) is 4.14. The first-order valence-electron chi connectivity index (χ1n) is 1.75. The van der Waals surface area contributed by atoms with Crippen LogP contribution in [0.15, 0.2) is 10.2 Å². The summed E-state index contributed by atoms with van der Waals surface area (Å²) in [5.41, 5.74) is 0. The molecule has 1 amide bonds. The van der Waals surface area contributed by atoms with E-state index in [1.807, 2.05) is 0 Å². The number of carbonyl (C=O) groups excluding carboxylic acids is 3. The van der Waals surface area contributed by atoms with Crippen LogP contribution in [0.1, 0.15) is 0 Å². The topological polar surface area (TPSA) is 79.2 Å². The molecule has 0 spiro atoms. The van der Waals surface area contributed by atoms with Crippen molar-refractivity contribution < 1.29 is 14.4 Å². The molecule has 0 rings (SSSR count). The second kappa shape index (κ2) is 4.39. The first-order chi connectivity index (χ1) is 4.35. The Bertz CT molecular complexity index is 170. The molecule has 0 aromatic carbocycles. The van der Waals surface area contributed by atoms with Gasteiger partial charge in [0.1, 0.15) is 0 Å². The Kier molecular flexibility index (Phi) is 3.53. The van der Waals surface area contributed by atoms with Crippen LogP contribution < -0.4 is 0 Å². The van der Waals surface area contributed by atoms with Crippen molar-refractivity contribution in [1.82, 2.24) is 5.12 Å². The van der Waals surface area contributed by atoms with Gasteiger partial charge in [0.05, 0.1) is 0 Å². The summed E-state index contributed by atoms with van der Waals surface area (Å²) in [6, 6.07) is 0. The van der Waals surface area contributed by atoms with E-state index in [0.717, 1.165) is 12.2 Å². The molecule has 0 saturated heterocycles. The van der Waals surface area contributed by atoms with E-state index in [0.29, 0.717) is 0 Å². The highest BCUT2D eigenvalue weighted by atomic mass is 16.2. The van der Waals surface area contributed by atoms with Gasteiger partial charge in [-0.3, -0.25) is 4.79 Å². The maximum absolute atomic E-state index is 9.67. The molecule has 0 aromatic rings. The molecule has 6 heteroatoms. The van der Waals surface area contributed by atoms with Crippen molar-refractivity contribution in [2.24, 2.45) is 10.2 Å². The SMILES string of the molecule is O=C=NN(C=O)N=C=O. The number of amides is 1. The molecule has 0 aliphatic rings. The molecule has 0 aliphatic heterocycles. The minimum atomic E-state index is 0.0653. The minimum absolute atomic E-state index is 0.0653. The molecular formula is C3HN3O3. The van der Waals surface area contributed by atoms with Crippen molar-refractivity contribution in [3.8, 4) is 0 Å². The van der Waals surface area contributed by atoms with Crippen LogP contribution in [-0.4, -0.2) is 23.7 Å². The monoisotopic (exact) mass is 127 g/mol. The summed E-state index contributed by atoms with van der Waals surface area (Å²) in [5, 5.41) is 5.53. The van der Waals surface area contributed by atoms with Crippen LogP contribution in [0.25, 0.3) is 0 Å². The third-order valence-electron chi connectivity index (χ3n) is 0.381. The maximum Gasteiger partial charge on any atom is 0.260 e. The fourth-order valence-corrected chi connectivity index (χ4v) is 0.153. The van der Waals surface area contributed by atoms with E-state index >= 15 is 0 Å². The third kappa shape index (κ3) is 2.87. The molecule has 9 heavy (non-hydrogen) atoms. The van der Waals surface area contributed by atoms with Crippen LogP contribution in [0, 0.1) is 0 Å². The minimum Gasteiger partial charge on any atom is -0.275 e. The number of hydrogen-bond donors (Lipinski definition) is 0. The molecule has 0 fully saturated rings. The largest absolute Gasteiger partial charge is 0.275 e. The van der Waals surface area contributed by atoms with Crippen molar-refractivity contribution >= 4 is 18.6 Å². The predicted octanol–water partition coefficient (Wildman–Crippen LogP) is -1.05. The lowest BCUT2D eigenvalue weighted by atomic mass is 11.3. The summed E-state index contributed by atoms with van der Waals surface area (Å²) < 4.78 is 0. The van der Waals surface area contributed by atoms with Crippen LogP contribution in [0.5, 0.6) is 0 Å². The molecule has 0 atom stereocenters. The highest BCUT2D eigenvalue weighted by Crippen LogP contribution is 1.77. The number of isocyanates is 2. The Morgan fingerprint density at radius 1 is 1.22 bits per heavy atom. The van der Waals surface area contributed by atoms with Gasteiger partial charge in [0.2, 0.25) is 0 Å². The van der Waals surface area contributed by atoms with E-state index in [4.69, 9.17) is 0 Å². The third-order valence-corrected chi connectivity index (χ3v) is 0.381. The van der Waals surface area contributed by atoms with Gasteiger partial charge < -0.3 is 0 Å². The molecule has 0 heterocycles. The van der Waals surface area contributed by atoms with Gasteiger partial charge in [0.25, 0.3) is 18.6 Å². The fraction of sp³-hybridized carbons (Fsp3) is 0. The lowest BCUT2D eigenvalue weighted by molar-refractivity contribution is -0.118. The molecule has 0 unspecified atom stereocenters. The van der Waals surface area contributed by atoms with Crippen molar-refractivity contribution in [2.75, 3.05) is 0 Å². The quantitative estimate of drug-likeness (QED) is 0.210. The average Bonchev–Trinajstić information content (AvgIpc) is 1.88. The van der Waals surface area contributed by atoms with Gasteiger partial charge in [-0.1, -0.05) is 15.3 Å². The van der Waals surface area contributed by atoms with Crippen LogP contribution in [0.2, 0.25) is 0 Å². The van der Waals surface area contributed by atoms with Gasteiger partial charge in [0.15, 0.2) is 0 Å². The predicted molar refractivity (Wildman–Crippen MR) is 24.1 cm³/mol. The highest BCUT2D eigenvalue weighted by molar-refractivity contribution is 5.50. The Balaban J connectivity index is 4.14. The van der Waals surface area contributed by atoms with Gasteiger partial charge in [-0.2, -0.15) is 0 Å². The average molecular weight is 127 g/mol. The lowest BCUT2D eigenvalue weighted by Gasteiger charge is -1.90. The normalized spacial score (nSPS) is 6.22. The summed E-state index contributed by atoms with van der Waals surface area (Å²) in [6.45, 7) is 0. The van der Waals surface area contributed by atoms with Crippen LogP contribution >= 0.6 is 0 Å². The van der Waals surface area contributed by atoms with Gasteiger partial charge in [-0.25, -0.2) is 9.59 Å². The van der Waals surface area contributed by atoms with Crippen LogP contribution in [0.3, 0.4) is 0 Å². The van der Waals surface area contributed by atoms with E-state index in [-0.39, 0.29) is 11.5 Å². The van der Waals surface area contributed by atoms with Gasteiger partial charge in [0, 0.05) is 0 Å². The molecule has 0 aliphatic carbocycles. The summed E-state index contributed by atoms with van der Waals surface area (Å²) in [6.07, 6.45) is 2.07. The summed E-state index contributed by atoms with van der Waals surface area (Å²) >= 11 is 0. The molecule has 0 N–H and O–H groups in total. The molecule has 46 valence electrons. The number of carbonyl (C=O) groups is 1. The highest BCUT2D eigenvalue weighted by Gasteiger charge is 1.89. The second-order valence-corrected chi connectivity index (χ2v) is 0.808. The van der Waals surface area contributed by atoms with Crippen molar-refractivity contribution in [3.05, 3.63) is 0 Å². The second-order valence-electron chi connectivity index (χ2n) is 0.808. The van der Waals surface area contributed by atoms with Gasteiger partial charge in [-0.15, -0.1) is 0 Å². The zero-order chi connectivity index (χ0) is 7.11. The smallest absolute Gasteiger partial charge is 0.260 e. The fourth-order valence-electron chi connectivity index (χ4n) is 0.153.